The second-order valence-corrected chi connectivity index (χ2v) is 7.88. The van der Waals surface area contributed by atoms with Crippen LogP contribution in [0.4, 0.5) is 0 Å². The third kappa shape index (κ3) is 3.30. The first-order chi connectivity index (χ1) is 15.0. The summed E-state index contributed by atoms with van der Waals surface area (Å²) in [6, 6.07) is 17.3. The lowest BCUT2D eigenvalue weighted by molar-refractivity contribution is -0.140. The minimum Gasteiger partial charge on any atom is -0.507 e. The molecule has 31 heavy (non-hydrogen) atoms. The number of carbonyl (C=O) groups excluding carboxylic acids is 2. The first kappa shape index (κ1) is 19.2. The van der Waals surface area contributed by atoms with Crippen molar-refractivity contribution in [2.75, 3.05) is 0 Å². The van der Waals surface area contributed by atoms with Crippen LogP contribution in [-0.4, -0.2) is 27.8 Å². The van der Waals surface area contributed by atoms with Crippen molar-refractivity contribution in [1.82, 2.24) is 4.90 Å². The zero-order valence-electron chi connectivity index (χ0n) is 16.9. The molecule has 2 aliphatic rings. The zero-order valence-corrected chi connectivity index (χ0v) is 16.9. The van der Waals surface area contributed by atoms with Gasteiger partial charge in [0.25, 0.3) is 11.7 Å². The number of benzene rings is 2. The van der Waals surface area contributed by atoms with E-state index in [-0.39, 0.29) is 24.0 Å². The Morgan fingerprint density at radius 1 is 1.10 bits per heavy atom. The van der Waals surface area contributed by atoms with Gasteiger partial charge in [0.15, 0.2) is 0 Å². The molecule has 0 saturated carbocycles. The van der Waals surface area contributed by atoms with Gasteiger partial charge < -0.3 is 19.2 Å². The minimum atomic E-state index is -0.807. The minimum absolute atomic E-state index is 0.0304. The molecule has 0 radical (unpaired) electrons. The molecule has 0 spiro atoms. The van der Waals surface area contributed by atoms with Crippen molar-refractivity contribution in [2.24, 2.45) is 0 Å². The molecule has 0 bridgehead atoms. The Bertz CT molecular complexity index is 1180. The number of rotatable bonds is 4. The Hall–Kier alpha value is -3.80. The van der Waals surface area contributed by atoms with Crippen LogP contribution in [0.2, 0.25) is 0 Å². The molecule has 156 valence electrons. The van der Waals surface area contributed by atoms with Crippen molar-refractivity contribution >= 4 is 17.4 Å². The van der Waals surface area contributed by atoms with Crippen molar-refractivity contribution < 1.29 is 23.8 Å². The molecule has 1 amide bonds. The highest BCUT2D eigenvalue weighted by atomic mass is 16.5. The van der Waals surface area contributed by atoms with E-state index in [0.717, 1.165) is 23.3 Å². The summed E-state index contributed by atoms with van der Waals surface area (Å²) in [4.78, 5) is 27.4. The number of Topliss-reactive ketones (excluding diaryl/α,β-unsaturated/α-hetero) is 1. The highest BCUT2D eigenvalue weighted by Crippen LogP contribution is 2.41. The quantitative estimate of drug-likeness (QED) is 0.392. The highest BCUT2D eigenvalue weighted by Gasteiger charge is 2.47. The fourth-order valence-corrected chi connectivity index (χ4v) is 4.29. The first-order valence-corrected chi connectivity index (χ1v) is 10.2. The molecule has 1 aromatic heterocycles. The molecule has 1 fully saturated rings. The van der Waals surface area contributed by atoms with E-state index in [1.54, 1.807) is 24.3 Å². The number of ketones is 1. The molecule has 2 aliphatic heterocycles. The average molecular weight is 415 g/mol. The first-order valence-electron chi connectivity index (χ1n) is 10.2. The number of carbonyl (C=O) groups is 2. The monoisotopic (exact) mass is 415 g/mol. The summed E-state index contributed by atoms with van der Waals surface area (Å²) in [5.41, 5.74) is 2.35. The number of furan rings is 1. The summed E-state index contributed by atoms with van der Waals surface area (Å²) in [5.74, 6) is -0.395. The smallest absolute Gasteiger partial charge is 0.296 e. The third-order valence-electron chi connectivity index (χ3n) is 5.72. The summed E-state index contributed by atoms with van der Waals surface area (Å²) < 4.78 is 11.3. The summed E-state index contributed by atoms with van der Waals surface area (Å²) in [6.07, 6.45) is 2.28. The standard InChI is InChI=1S/C25H21NO5/c1-15-12-18-13-17(9-10-19(18)31-15)23(27)21-22(20-8-5-11-30-20)26(25(29)24(21)28)14-16-6-3-2-4-7-16/h2-11,13,15,22,27H,12,14H2,1H3. The lowest BCUT2D eigenvalue weighted by Gasteiger charge is -2.23. The van der Waals surface area contributed by atoms with Crippen molar-refractivity contribution in [3.8, 4) is 5.75 Å². The van der Waals surface area contributed by atoms with E-state index in [2.05, 4.69) is 0 Å². The van der Waals surface area contributed by atoms with Gasteiger partial charge in [-0.3, -0.25) is 9.59 Å². The number of likely N-dealkylation sites (tertiary alicyclic amines) is 1. The van der Waals surface area contributed by atoms with Crippen LogP contribution >= 0.6 is 0 Å². The van der Waals surface area contributed by atoms with E-state index in [0.29, 0.717) is 11.3 Å². The lowest BCUT2D eigenvalue weighted by Crippen LogP contribution is -2.29. The highest BCUT2D eigenvalue weighted by molar-refractivity contribution is 6.46. The van der Waals surface area contributed by atoms with Gasteiger partial charge in [0, 0.05) is 18.5 Å². The Morgan fingerprint density at radius 3 is 2.65 bits per heavy atom. The number of aliphatic hydroxyl groups is 1. The van der Waals surface area contributed by atoms with Gasteiger partial charge in [-0.25, -0.2) is 0 Å². The molecule has 0 aliphatic carbocycles. The Kier molecular flexibility index (Phi) is 4.62. The second kappa shape index (κ2) is 7.47. The van der Waals surface area contributed by atoms with Crippen LogP contribution in [0.25, 0.3) is 5.76 Å². The predicted octanol–water partition coefficient (Wildman–Crippen LogP) is 4.22. The largest absolute Gasteiger partial charge is 0.507 e. The topological polar surface area (TPSA) is 80.0 Å². The normalized spacial score (nSPS) is 21.9. The molecule has 2 unspecified atom stereocenters. The van der Waals surface area contributed by atoms with Gasteiger partial charge in [-0.15, -0.1) is 0 Å². The van der Waals surface area contributed by atoms with Gasteiger partial charge in [-0.1, -0.05) is 30.3 Å². The fraction of sp³-hybridized carbons (Fsp3) is 0.200. The molecule has 1 N–H and O–H groups in total. The Morgan fingerprint density at radius 2 is 1.90 bits per heavy atom. The SMILES string of the molecule is CC1Cc2cc(C(O)=C3C(=O)C(=O)N(Cc4ccccc4)C3c3ccco3)ccc2O1. The maximum Gasteiger partial charge on any atom is 0.296 e. The van der Waals surface area contributed by atoms with Gasteiger partial charge in [-0.05, 0) is 48.4 Å². The number of hydrogen-bond donors (Lipinski definition) is 1. The van der Waals surface area contributed by atoms with Crippen LogP contribution < -0.4 is 4.74 Å². The van der Waals surface area contributed by atoms with Crippen LogP contribution in [0.1, 0.15) is 35.4 Å². The zero-order chi connectivity index (χ0) is 21.5. The van der Waals surface area contributed by atoms with Crippen LogP contribution in [0.5, 0.6) is 5.75 Å². The molecular formula is C25H21NO5. The summed E-state index contributed by atoms with van der Waals surface area (Å²) >= 11 is 0. The number of ether oxygens (including phenoxy) is 1. The molecule has 5 rings (SSSR count). The molecule has 2 aromatic carbocycles. The van der Waals surface area contributed by atoms with E-state index in [4.69, 9.17) is 9.15 Å². The van der Waals surface area contributed by atoms with E-state index in [9.17, 15) is 14.7 Å². The van der Waals surface area contributed by atoms with Crippen molar-refractivity contribution in [1.29, 1.82) is 0 Å². The van der Waals surface area contributed by atoms with Crippen LogP contribution in [0.15, 0.2) is 76.9 Å². The fourth-order valence-electron chi connectivity index (χ4n) is 4.29. The van der Waals surface area contributed by atoms with E-state index in [1.165, 1.54) is 11.2 Å². The Balaban J connectivity index is 1.60. The molecule has 3 heterocycles. The molecule has 2 atom stereocenters. The maximum absolute atomic E-state index is 13.0. The number of amides is 1. The lowest BCUT2D eigenvalue weighted by atomic mass is 9.97. The number of nitrogens with zero attached hydrogens (tertiary/aromatic N) is 1. The maximum atomic E-state index is 13.0. The van der Waals surface area contributed by atoms with Crippen LogP contribution in [0.3, 0.4) is 0 Å². The van der Waals surface area contributed by atoms with Crippen LogP contribution in [-0.2, 0) is 22.6 Å². The van der Waals surface area contributed by atoms with Gasteiger partial charge in [0.1, 0.15) is 29.4 Å². The number of fused-ring (bicyclic) bond motifs is 1. The summed E-state index contributed by atoms with van der Waals surface area (Å²) in [5, 5.41) is 11.2. The Labute approximate surface area is 179 Å². The van der Waals surface area contributed by atoms with E-state index in [1.807, 2.05) is 43.3 Å². The van der Waals surface area contributed by atoms with Gasteiger partial charge in [0.2, 0.25) is 0 Å². The van der Waals surface area contributed by atoms with Gasteiger partial charge in [-0.2, -0.15) is 0 Å². The van der Waals surface area contributed by atoms with Crippen molar-refractivity contribution in [3.63, 3.8) is 0 Å². The molecule has 6 nitrogen and oxygen atoms in total. The van der Waals surface area contributed by atoms with Gasteiger partial charge in [0.05, 0.1) is 11.8 Å². The average Bonchev–Trinajstić information content (AvgIpc) is 3.48. The molecule has 3 aromatic rings. The van der Waals surface area contributed by atoms with Crippen molar-refractivity contribution in [3.05, 3.63) is 95.0 Å². The van der Waals surface area contributed by atoms with Crippen LogP contribution in [0, 0.1) is 0 Å². The van der Waals surface area contributed by atoms with E-state index < -0.39 is 17.7 Å². The summed E-state index contributed by atoms with van der Waals surface area (Å²) in [6.45, 7) is 2.20. The second-order valence-electron chi connectivity index (χ2n) is 7.88. The molecule has 1 saturated heterocycles. The number of hydrogen-bond acceptors (Lipinski definition) is 5. The van der Waals surface area contributed by atoms with Gasteiger partial charge >= 0.3 is 0 Å². The third-order valence-corrected chi connectivity index (χ3v) is 5.72. The predicted molar refractivity (Wildman–Crippen MR) is 113 cm³/mol. The summed E-state index contributed by atoms with van der Waals surface area (Å²) in [7, 11) is 0. The van der Waals surface area contributed by atoms with Crippen molar-refractivity contribution in [2.45, 2.75) is 32.0 Å². The molecular weight excluding hydrogens is 394 g/mol. The number of aliphatic hydroxyl groups excluding tert-OH is 1. The van der Waals surface area contributed by atoms with E-state index >= 15 is 0 Å². The molecule has 6 heteroatoms.